The maximum Gasteiger partial charge on any atom is 0.267 e. The molecule has 1 aliphatic heterocycles. The van der Waals surface area contributed by atoms with Gasteiger partial charge >= 0.3 is 0 Å². The number of rotatable bonds is 4. The zero-order valence-electron chi connectivity index (χ0n) is 12.0. The minimum Gasteiger partial charge on any atom is -0.348 e. The van der Waals surface area contributed by atoms with Gasteiger partial charge in [-0.3, -0.25) is 14.5 Å². The molecule has 2 N–H and O–H groups in total. The second-order valence-corrected chi connectivity index (χ2v) is 6.02. The van der Waals surface area contributed by atoms with Crippen LogP contribution in [0.2, 0.25) is 0 Å². The maximum atomic E-state index is 12.2. The molecule has 1 saturated heterocycles. The lowest BCUT2D eigenvalue weighted by Gasteiger charge is -2.19. The fraction of sp³-hybridized carbons (Fsp3) is 0.600. The van der Waals surface area contributed by atoms with Gasteiger partial charge < -0.3 is 10.3 Å². The zero-order valence-corrected chi connectivity index (χ0v) is 12.0. The number of H-pyrrole nitrogens is 1. The fourth-order valence-corrected chi connectivity index (χ4v) is 3.07. The van der Waals surface area contributed by atoms with Crippen molar-refractivity contribution in [2.75, 3.05) is 6.54 Å². The van der Waals surface area contributed by atoms with E-state index in [4.69, 9.17) is 0 Å². The Morgan fingerprint density at radius 2 is 2.00 bits per heavy atom. The van der Waals surface area contributed by atoms with E-state index >= 15 is 0 Å². The molecule has 1 aliphatic carbocycles. The molecule has 108 valence electrons. The summed E-state index contributed by atoms with van der Waals surface area (Å²) in [4.78, 5) is 28.8. The van der Waals surface area contributed by atoms with Gasteiger partial charge in [0.1, 0.15) is 5.69 Å². The summed E-state index contributed by atoms with van der Waals surface area (Å²) in [5, 5.41) is 3.07. The Hall–Kier alpha value is -1.62. The third kappa shape index (κ3) is 2.63. The van der Waals surface area contributed by atoms with Crippen molar-refractivity contribution in [2.24, 2.45) is 0 Å². The number of aromatic nitrogens is 1. The lowest BCUT2D eigenvalue weighted by atomic mass is 10.2. The van der Waals surface area contributed by atoms with Crippen LogP contribution in [0.1, 0.15) is 54.1 Å². The van der Waals surface area contributed by atoms with Gasteiger partial charge in [-0.15, -0.1) is 0 Å². The van der Waals surface area contributed by atoms with E-state index in [9.17, 15) is 9.59 Å². The second-order valence-electron chi connectivity index (χ2n) is 6.02. The summed E-state index contributed by atoms with van der Waals surface area (Å²) in [5.74, 6) is -0.175. The number of carbonyl (C=O) groups excluding carboxylic acids is 2. The molecule has 0 unspecified atom stereocenters. The molecule has 1 amide bonds. The molecule has 0 bridgehead atoms. The topological polar surface area (TPSA) is 65.2 Å². The molecule has 1 aromatic rings. The fourth-order valence-electron chi connectivity index (χ4n) is 3.07. The third-order valence-corrected chi connectivity index (χ3v) is 4.28. The number of hydrogen-bond acceptors (Lipinski definition) is 3. The number of nitrogens with zero attached hydrogens (tertiary/aromatic N) is 1. The Labute approximate surface area is 118 Å². The van der Waals surface area contributed by atoms with Crippen LogP contribution in [0.3, 0.4) is 0 Å². The minimum atomic E-state index is -0.118. The lowest BCUT2D eigenvalue weighted by Crippen LogP contribution is -2.37. The van der Waals surface area contributed by atoms with E-state index < -0.39 is 0 Å². The first-order valence-corrected chi connectivity index (χ1v) is 7.31. The number of likely N-dealkylation sites (tertiary alicyclic amines) is 1. The number of aromatic amines is 1. The standard InChI is InChI=1S/C15H21N3O2/c1-9-7-11(8-18(9)12-3-4-12)16-15(20)14-6-5-13(17-14)10(2)19/h5-6,9,11-12,17H,3-4,7-8H2,1-2H3,(H,16,20)/t9-,11-/m0/s1. The first-order chi connectivity index (χ1) is 9.54. The monoisotopic (exact) mass is 275 g/mol. The van der Waals surface area contributed by atoms with Crippen LogP contribution in [0.25, 0.3) is 0 Å². The van der Waals surface area contributed by atoms with Gasteiger partial charge in [0.15, 0.2) is 5.78 Å². The molecule has 20 heavy (non-hydrogen) atoms. The zero-order chi connectivity index (χ0) is 14.3. The predicted octanol–water partition coefficient (Wildman–Crippen LogP) is 1.57. The summed E-state index contributed by atoms with van der Waals surface area (Å²) in [6, 6.07) is 4.82. The third-order valence-electron chi connectivity index (χ3n) is 4.28. The van der Waals surface area contributed by atoms with Gasteiger partial charge in [0.25, 0.3) is 5.91 Å². The highest BCUT2D eigenvalue weighted by atomic mass is 16.2. The van der Waals surface area contributed by atoms with E-state index in [1.807, 2.05) is 0 Å². The van der Waals surface area contributed by atoms with Gasteiger partial charge in [-0.25, -0.2) is 0 Å². The quantitative estimate of drug-likeness (QED) is 0.820. The summed E-state index contributed by atoms with van der Waals surface area (Å²) in [6.07, 6.45) is 3.59. The molecular weight excluding hydrogens is 254 g/mol. The van der Waals surface area contributed by atoms with Gasteiger partial charge in [-0.2, -0.15) is 0 Å². The van der Waals surface area contributed by atoms with Crippen LogP contribution in [-0.4, -0.2) is 46.2 Å². The average molecular weight is 275 g/mol. The van der Waals surface area contributed by atoms with Crippen molar-refractivity contribution in [3.8, 4) is 0 Å². The van der Waals surface area contributed by atoms with Crippen LogP contribution in [0.4, 0.5) is 0 Å². The summed E-state index contributed by atoms with van der Waals surface area (Å²) >= 11 is 0. The SMILES string of the molecule is CC(=O)c1ccc(C(=O)N[C@H]2C[C@H](C)N(C3CC3)C2)[nH]1. The first-order valence-electron chi connectivity index (χ1n) is 7.31. The molecule has 2 heterocycles. The van der Waals surface area contributed by atoms with E-state index in [0.29, 0.717) is 17.4 Å². The van der Waals surface area contributed by atoms with Gasteiger partial charge in [0, 0.05) is 31.6 Å². The Balaban J connectivity index is 1.59. The number of Topliss-reactive ketones (excluding diaryl/α,β-unsaturated/α-hetero) is 1. The van der Waals surface area contributed by atoms with Gasteiger partial charge in [0.05, 0.1) is 5.69 Å². The van der Waals surface area contributed by atoms with Crippen molar-refractivity contribution < 1.29 is 9.59 Å². The molecule has 2 fully saturated rings. The Bertz CT molecular complexity index is 533. The number of ketones is 1. The molecule has 5 heteroatoms. The Kier molecular flexibility index (Phi) is 3.38. The van der Waals surface area contributed by atoms with Crippen LogP contribution in [0, 0.1) is 0 Å². The van der Waals surface area contributed by atoms with E-state index in [0.717, 1.165) is 19.0 Å². The van der Waals surface area contributed by atoms with E-state index in [1.165, 1.54) is 19.8 Å². The van der Waals surface area contributed by atoms with Crippen LogP contribution < -0.4 is 5.32 Å². The molecule has 2 atom stereocenters. The summed E-state index contributed by atoms with van der Waals surface area (Å²) in [6.45, 7) is 4.66. The van der Waals surface area contributed by atoms with Crippen LogP contribution in [0.5, 0.6) is 0 Å². The van der Waals surface area contributed by atoms with Crippen LogP contribution in [0.15, 0.2) is 12.1 Å². The predicted molar refractivity (Wildman–Crippen MR) is 75.9 cm³/mol. The van der Waals surface area contributed by atoms with Gasteiger partial charge in [-0.1, -0.05) is 0 Å². The van der Waals surface area contributed by atoms with Crippen LogP contribution in [-0.2, 0) is 0 Å². The first kappa shape index (κ1) is 13.4. The van der Waals surface area contributed by atoms with Crippen LogP contribution >= 0.6 is 0 Å². The van der Waals surface area contributed by atoms with E-state index in [1.54, 1.807) is 12.1 Å². The van der Waals surface area contributed by atoms with Gasteiger partial charge in [-0.05, 0) is 38.3 Å². The minimum absolute atomic E-state index is 0.0570. The summed E-state index contributed by atoms with van der Waals surface area (Å²) in [7, 11) is 0. The number of carbonyl (C=O) groups is 2. The normalized spacial score (nSPS) is 26.7. The average Bonchev–Trinajstić information content (AvgIpc) is 2.98. The van der Waals surface area contributed by atoms with Crippen molar-refractivity contribution in [1.29, 1.82) is 0 Å². The number of hydrogen-bond donors (Lipinski definition) is 2. The smallest absolute Gasteiger partial charge is 0.267 e. The number of amides is 1. The largest absolute Gasteiger partial charge is 0.348 e. The molecule has 2 aliphatic rings. The molecule has 5 nitrogen and oxygen atoms in total. The highest BCUT2D eigenvalue weighted by Gasteiger charge is 2.39. The molecule has 3 rings (SSSR count). The summed E-state index contributed by atoms with van der Waals surface area (Å²) < 4.78 is 0. The highest BCUT2D eigenvalue weighted by molar-refractivity contribution is 5.97. The molecule has 0 radical (unpaired) electrons. The van der Waals surface area contributed by atoms with Crippen molar-refractivity contribution in [2.45, 2.75) is 51.2 Å². The number of nitrogens with one attached hydrogen (secondary N) is 2. The molecule has 1 saturated carbocycles. The van der Waals surface area contributed by atoms with Crippen molar-refractivity contribution in [3.05, 3.63) is 23.5 Å². The lowest BCUT2D eigenvalue weighted by molar-refractivity contribution is 0.0933. The Morgan fingerprint density at radius 3 is 2.60 bits per heavy atom. The van der Waals surface area contributed by atoms with Crippen molar-refractivity contribution >= 4 is 11.7 Å². The van der Waals surface area contributed by atoms with E-state index in [2.05, 4.69) is 22.1 Å². The van der Waals surface area contributed by atoms with E-state index in [-0.39, 0.29) is 17.7 Å². The highest BCUT2D eigenvalue weighted by Crippen LogP contribution is 2.33. The molecule has 0 aromatic carbocycles. The van der Waals surface area contributed by atoms with Crippen molar-refractivity contribution in [3.63, 3.8) is 0 Å². The summed E-state index contributed by atoms with van der Waals surface area (Å²) in [5.41, 5.74) is 0.947. The molecule has 1 aromatic heterocycles. The maximum absolute atomic E-state index is 12.2. The Morgan fingerprint density at radius 1 is 1.30 bits per heavy atom. The molecular formula is C15H21N3O2. The van der Waals surface area contributed by atoms with Crippen molar-refractivity contribution in [1.82, 2.24) is 15.2 Å². The van der Waals surface area contributed by atoms with Gasteiger partial charge in [0.2, 0.25) is 0 Å². The molecule has 0 spiro atoms. The second kappa shape index (κ2) is 5.05.